The summed E-state index contributed by atoms with van der Waals surface area (Å²) in [4.78, 5) is 29.5. The molecule has 1 atom stereocenters. The standard InChI is InChI=1S/C28H32N4O2/c1-22(31-16-18-32(19-17-31)26-10-6-3-7-11-26)20-29-27(33)21-30-28(34)25-14-12-24(13-15-25)23-8-4-2-5-9-23/h2-15,22H,16-21H2,1H3,(H,29,33)(H,30,34). The van der Waals surface area contributed by atoms with Crippen LogP contribution in [0.25, 0.3) is 11.1 Å². The molecular formula is C28H32N4O2. The van der Waals surface area contributed by atoms with Gasteiger partial charge in [-0.2, -0.15) is 0 Å². The molecular weight excluding hydrogens is 424 g/mol. The summed E-state index contributed by atoms with van der Waals surface area (Å²) in [5.41, 5.74) is 3.95. The topological polar surface area (TPSA) is 64.7 Å². The van der Waals surface area contributed by atoms with E-state index in [9.17, 15) is 9.59 Å². The van der Waals surface area contributed by atoms with Crippen LogP contribution in [0.4, 0.5) is 5.69 Å². The van der Waals surface area contributed by atoms with E-state index < -0.39 is 0 Å². The number of piperazine rings is 1. The van der Waals surface area contributed by atoms with Crippen molar-refractivity contribution in [2.24, 2.45) is 0 Å². The number of hydrogen-bond donors (Lipinski definition) is 2. The average Bonchev–Trinajstić information content (AvgIpc) is 2.91. The quantitative estimate of drug-likeness (QED) is 0.545. The lowest BCUT2D eigenvalue weighted by molar-refractivity contribution is -0.120. The first kappa shape index (κ1) is 23.5. The van der Waals surface area contributed by atoms with Gasteiger partial charge in [-0.3, -0.25) is 14.5 Å². The Kier molecular flexibility index (Phi) is 7.94. The molecule has 176 valence electrons. The molecule has 0 saturated carbocycles. The number of anilines is 1. The van der Waals surface area contributed by atoms with E-state index in [0.29, 0.717) is 12.1 Å². The molecule has 1 saturated heterocycles. The maximum absolute atomic E-state index is 12.4. The highest BCUT2D eigenvalue weighted by molar-refractivity contribution is 5.96. The molecule has 1 fully saturated rings. The van der Waals surface area contributed by atoms with Crippen molar-refractivity contribution in [2.75, 3.05) is 44.2 Å². The van der Waals surface area contributed by atoms with Crippen molar-refractivity contribution in [1.29, 1.82) is 0 Å². The normalized spacial score (nSPS) is 14.9. The van der Waals surface area contributed by atoms with Crippen molar-refractivity contribution < 1.29 is 9.59 Å². The fourth-order valence-corrected chi connectivity index (χ4v) is 4.22. The summed E-state index contributed by atoms with van der Waals surface area (Å²) in [5, 5.41) is 5.67. The van der Waals surface area contributed by atoms with Crippen molar-refractivity contribution in [1.82, 2.24) is 15.5 Å². The molecule has 0 aliphatic carbocycles. The minimum atomic E-state index is -0.250. The Morgan fingerprint density at radius 3 is 2.00 bits per heavy atom. The van der Waals surface area contributed by atoms with Crippen LogP contribution in [0.3, 0.4) is 0 Å². The van der Waals surface area contributed by atoms with Crippen LogP contribution in [0.1, 0.15) is 17.3 Å². The highest BCUT2D eigenvalue weighted by atomic mass is 16.2. The van der Waals surface area contributed by atoms with Gasteiger partial charge in [-0.05, 0) is 42.3 Å². The SMILES string of the molecule is CC(CNC(=O)CNC(=O)c1ccc(-c2ccccc2)cc1)N1CCN(c2ccccc2)CC1. The molecule has 0 radical (unpaired) electrons. The zero-order chi connectivity index (χ0) is 23.8. The number of nitrogens with one attached hydrogen (secondary N) is 2. The lowest BCUT2D eigenvalue weighted by Gasteiger charge is -2.39. The van der Waals surface area contributed by atoms with Gasteiger partial charge in [0.15, 0.2) is 0 Å². The predicted molar refractivity (Wildman–Crippen MR) is 137 cm³/mol. The first-order valence-corrected chi connectivity index (χ1v) is 11.8. The van der Waals surface area contributed by atoms with Crippen LogP contribution in [-0.2, 0) is 4.79 Å². The highest BCUT2D eigenvalue weighted by Crippen LogP contribution is 2.19. The second-order valence-corrected chi connectivity index (χ2v) is 8.64. The first-order chi connectivity index (χ1) is 16.6. The lowest BCUT2D eigenvalue weighted by atomic mass is 10.0. The third kappa shape index (κ3) is 6.23. The van der Waals surface area contributed by atoms with Gasteiger partial charge in [0.05, 0.1) is 6.54 Å². The molecule has 3 aromatic rings. The Hall–Kier alpha value is -3.64. The van der Waals surface area contributed by atoms with Gasteiger partial charge in [-0.15, -0.1) is 0 Å². The van der Waals surface area contributed by atoms with Crippen molar-refractivity contribution >= 4 is 17.5 Å². The van der Waals surface area contributed by atoms with Crippen LogP contribution in [0.5, 0.6) is 0 Å². The Morgan fingerprint density at radius 1 is 0.765 bits per heavy atom. The second-order valence-electron chi connectivity index (χ2n) is 8.64. The average molecular weight is 457 g/mol. The van der Waals surface area contributed by atoms with Crippen molar-refractivity contribution in [2.45, 2.75) is 13.0 Å². The van der Waals surface area contributed by atoms with E-state index in [0.717, 1.165) is 37.3 Å². The van der Waals surface area contributed by atoms with Crippen LogP contribution in [0.2, 0.25) is 0 Å². The van der Waals surface area contributed by atoms with Crippen LogP contribution in [0, 0.1) is 0 Å². The van der Waals surface area contributed by atoms with Gasteiger partial charge in [0.1, 0.15) is 0 Å². The molecule has 0 bridgehead atoms. The summed E-state index contributed by atoms with van der Waals surface area (Å²) >= 11 is 0. The van der Waals surface area contributed by atoms with E-state index >= 15 is 0 Å². The third-order valence-corrected chi connectivity index (χ3v) is 6.32. The number of carbonyl (C=O) groups is 2. The number of rotatable bonds is 8. The van der Waals surface area contributed by atoms with Crippen LogP contribution in [0.15, 0.2) is 84.9 Å². The molecule has 2 N–H and O–H groups in total. The van der Waals surface area contributed by atoms with Gasteiger partial charge < -0.3 is 15.5 Å². The van der Waals surface area contributed by atoms with Gasteiger partial charge in [0.25, 0.3) is 5.91 Å². The molecule has 1 aliphatic heterocycles. The van der Waals surface area contributed by atoms with Gasteiger partial charge in [0.2, 0.25) is 5.91 Å². The fourth-order valence-electron chi connectivity index (χ4n) is 4.22. The van der Waals surface area contributed by atoms with Crippen molar-refractivity contribution in [3.05, 3.63) is 90.5 Å². The predicted octanol–water partition coefficient (Wildman–Crippen LogP) is 3.41. The largest absolute Gasteiger partial charge is 0.369 e. The molecule has 34 heavy (non-hydrogen) atoms. The van der Waals surface area contributed by atoms with Crippen LogP contribution >= 0.6 is 0 Å². The molecule has 6 heteroatoms. The highest BCUT2D eigenvalue weighted by Gasteiger charge is 2.21. The Balaban J connectivity index is 1.17. The molecule has 2 amide bonds. The molecule has 1 aliphatic rings. The van der Waals surface area contributed by atoms with Gasteiger partial charge >= 0.3 is 0 Å². The number of carbonyl (C=O) groups excluding carboxylic acids is 2. The van der Waals surface area contributed by atoms with Crippen LogP contribution in [-0.4, -0.2) is 62.0 Å². The minimum Gasteiger partial charge on any atom is -0.369 e. The number of para-hydroxylation sites is 1. The monoisotopic (exact) mass is 456 g/mol. The maximum atomic E-state index is 12.4. The summed E-state index contributed by atoms with van der Waals surface area (Å²) < 4.78 is 0. The van der Waals surface area contributed by atoms with Crippen molar-refractivity contribution in [3.8, 4) is 11.1 Å². The molecule has 1 unspecified atom stereocenters. The van der Waals surface area contributed by atoms with E-state index in [4.69, 9.17) is 0 Å². The molecule has 1 heterocycles. The smallest absolute Gasteiger partial charge is 0.251 e. The summed E-state index contributed by atoms with van der Waals surface area (Å²) in [7, 11) is 0. The number of hydrogen-bond acceptors (Lipinski definition) is 4. The maximum Gasteiger partial charge on any atom is 0.251 e. The van der Waals surface area contributed by atoms with E-state index in [-0.39, 0.29) is 24.4 Å². The second kappa shape index (κ2) is 11.5. The first-order valence-electron chi connectivity index (χ1n) is 11.8. The number of nitrogens with zero attached hydrogens (tertiary/aromatic N) is 2. The third-order valence-electron chi connectivity index (χ3n) is 6.32. The minimum absolute atomic E-state index is 0.0340. The van der Waals surface area contributed by atoms with Crippen LogP contribution < -0.4 is 15.5 Å². The van der Waals surface area contributed by atoms with E-state index in [1.807, 2.05) is 48.5 Å². The Bertz CT molecular complexity index is 1060. The van der Waals surface area contributed by atoms with Gasteiger partial charge in [0, 0.05) is 50.0 Å². The zero-order valence-corrected chi connectivity index (χ0v) is 19.6. The summed E-state index contributed by atoms with van der Waals surface area (Å²) in [6.45, 7) is 6.52. The van der Waals surface area contributed by atoms with Crippen molar-refractivity contribution in [3.63, 3.8) is 0 Å². The number of benzene rings is 3. The lowest BCUT2D eigenvalue weighted by Crippen LogP contribution is -2.52. The summed E-state index contributed by atoms with van der Waals surface area (Å²) in [5.74, 6) is -0.427. The molecule has 0 spiro atoms. The Morgan fingerprint density at radius 2 is 1.35 bits per heavy atom. The van der Waals surface area contributed by atoms with Gasteiger partial charge in [-0.25, -0.2) is 0 Å². The molecule has 6 nitrogen and oxygen atoms in total. The summed E-state index contributed by atoms with van der Waals surface area (Å²) in [6.07, 6.45) is 0. The number of amides is 2. The Labute approximate surface area is 201 Å². The van der Waals surface area contributed by atoms with Gasteiger partial charge in [-0.1, -0.05) is 60.7 Å². The van der Waals surface area contributed by atoms with E-state index in [2.05, 4.69) is 51.6 Å². The summed E-state index contributed by atoms with van der Waals surface area (Å²) in [6, 6.07) is 28.1. The molecule has 0 aromatic heterocycles. The van der Waals surface area contributed by atoms with E-state index in [1.165, 1.54) is 5.69 Å². The fraction of sp³-hybridized carbons (Fsp3) is 0.286. The van der Waals surface area contributed by atoms with E-state index in [1.54, 1.807) is 12.1 Å². The zero-order valence-electron chi connectivity index (χ0n) is 19.6. The molecule has 3 aromatic carbocycles. The molecule has 4 rings (SSSR count).